The van der Waals surface area contributed by atoms with Gasteiger partial charge in [-0.05, 0) is 19.9 Å². The summed E-state index contributed by atoms with van der Waals surface area (Å²) in [5, 5.41) is 68.0. The molecule has 4 fully saturated rings. The van der Waals surface area contributed by atoms with Gasteiger partial charge in [-0.3, -0.25) is 4.79 Å². The van der Waals surface area contributed by atoms with Gasteiger partial charge >= 0.3 is 0 Å². The highest BCUT2D eigenvalue weighted by Gasteiger charge is 2.54. The number of nitrogens with one attached hydrogen (secondary N) is 2. The van der Waals surface area contributed by atoms with Gasteiger partial charge in [-0.2, -0.15) is 0 Å². The third kappa shape index (κ3) is 6.29. The molecule has 3 aliphatic heterocycles. The summed E-state index contributed by atoms with van der Waals surface area (Å²) in [6, 6.07) is -4.32. The topological polar surface area (TPSA) is 287 Å². The molecule has 0 aromatic heterocycles. The first-order chi connectivity index (χ1) is 18.9. The maximum Gasteiger partial charge on any atom is 0.217 e. The van der Waals surface area contributed by atoms with Crippen molar-refractivity contribution in [3.63, 3.8) is 0 Å². The van der Waals surface area contributed by atoms with Crippen molar-refractivity contribution in [2.24, 2.45) is 17.2 Å². The van der Waals surface area contributed by atoms with E-state index in [4.69, 9.17) is 40.9 Å². The van der Waals surface area contributed by atoms with Crippen molar-refractivity contribution in [2.45, 2.75) is 124 Å². The van der Waals surface area contributed by atoms with Crippen LogP contribution in [-0.2, 0) is 28.5 Å². The van der Waals surface area contributed by atoms with Gasteiger partial charge in [-0.15, -0.1) is 0 Å². The summed E-state index contributed by atoms with van der Waals surface area (Å²) < 4.78 is 29.4. The van der Waals surface area contributed by atoms with E-state index in [9.17, 15) is 35.4 Å². The Bertz CT molecular complexity index is 859. The molecule has 0 spiro atoms. The molecule has 3 heterocycles. The molecular formula is C23H43N5O12. The summed E-state index contributed by atoms with van der Waals surface area (Å²) >= 11 is 0. The summed E-state index contributed by atoms with van der Waals surface area (Å²) in [4.78, 5) is 11.7. The molecule has 17 heteroatoms. The van der Waals surface area contributed by atoms with Crippen LogP contribution in [0, 0.1) is 0 Å². The molecule has 4 rings (SSSR count). The predicted molar refractivity (Wildman–Crippen MR) is 133 cm³/mol. The van der Waals surface area contributed by atoms with Gasteiger partial charge in [-0.1, -0.05) is 0 Å². The van der Waals surface area contributed by atoms with Gasteiger partial charge in [0, 0.05) is 13.0 Å². The van der Waals surface area contributed by atoms with E-state index in [1.807, 2.05) is 0 Å². The van der Waals surface area contributed by atoms with Crippen LogP contribution >= 0.6 is 0 Å². The molecule has 1 saturated carbocycles. The Hall–Kier alpha value is -1.13. The molecule has 17 atom stereocenters. The van der Waals surface area contributed by atoms with Crippen LogP contribution < -0.4 is 27.8 Å². The van der Waals surface area contributed by atoms with E-state index in [1.165, 1.54) is 14.0 Å². The lowest BCUT2D eigenvalue weighted by atomic mass is 9.84. The van der Waals surface area contributed by atoms with Gasteiger partial charge in [0.2, 0.25) is 5.91 Å². The maximum absolute atomic E-state index is 11.7. The highest BCUT2D eigenvalue weighted by Crippen LogP contribution is 2.35. The minimum Gasteiger partial charge on any atom is -0.394 e. The first-order valence-electron chi connectivity index (χ1n) is 13.4. The smallest absolute Gasteiger partial charge is 0.217 e. The molecule has 17 nitrogen and oxygen atoms in total. The largest absolute Gasteiger partial charge is 0.394 e. The second kappa shape index (κ2) is 13.0. The molecule has 1 aliphatic carbocycles. The molecule has 232 valence electrons. The van der Waals surface area contributed by atoms with E-state index in [0.717, 1.165) is 0 Å². The maximum atomic E-state index is 11.7. The van der Waals surface area contributed by atoms with Crippen LogP contribution in [0.25, 0.3) is 0 Å². The van der Waals surface area contributed by atoms with Crippen molar-refractivity contribution in [3.05, 3.63) is 0 Å². The molecule has 14 N–H and O–H groups in total. The normalized spacial score (nSPS) is 51.6. The Morgan fingerprint density at radius 2 is 1.55 bits per heavy atom. The fourth-order valence-corrected chi connectivity index (χ4v) is 5.82. The van der Waals surface area contributed by atoms with Crippen molar-refractivity contribution in [3.8, 4) is 0 Å². The molecule has 0 radical (unpaired) electrons. The first kappa shape index (κ1) is 31.8. The Morgan fingerprint density at radius 3 is 2.17 bits per heavy atom. The molecular weight excluding hydrogens is 538 g/mol. The van der Waals surface area contributed by atoms with Gasteiger partial charge in [0.05, 0.1) is 43.0 Å². The minimum atomic E-state index is -1.56. The van der Waals surface area contributed by atoms with Crippen molar-refractivity contribution in [1.29, 1.82) is 0 Å². The third-order valence-electron chi connectivity index (χ3n) is 8.09. The zero-order chi connectivity index (χ0) is 29.5. The number of hydrogen-bond donors (Lipinski definition) is 11. The van der Waals surface area contributed by atoms with Crippen molar-refractivity contribution in [2.75, 3.05) is 13.7 Å². The Kier molecular flexibility index (Phi) is 10.4. The van der Waals surface area contributed by atoms with Crippen molar-refractivity contribution >= 4 is 5.91 Å². The molecule has 0 aromatic carbocycles. The summed E-state index contributed by atoms with van der Waals surface area (Å²) in [6.07, 6.45) is -14.4. The number of carbonyl (C=O) groups excluding carboxylic acids is 1. The monoisotopic (exact) mass is 581 g/mol. The molecule has 4 aliphatic rings. The molecule has 1 amide bonds. The highest BCUT2D eigenvalue weighted by atomic mass is 16.8. The highest BCUT2D eigenvalue weighted by molar-refractivity contribution is 5.73. The van der Waals surface area contributed by atoms with Gasteiger partial charge in [-0.25, -0.2) is 0 Å². The van der Waals surface area contributed by atoms with E-state index in [2.05, 4.69) is 10.6 Å². The zero-order valence-corrected chi connectivity index (χ0v) is 22.3. The average Bonchev–Trinajstić information content (AvgIpc) is 2.90. The number of amides is 1. The number of fused-ring (bicyclic) bond motifs is 1. The lowest BCUT2D eigenvalue weighted by molar-refractivity contribution is -0.373. The van der Waals surface area contributed by atoms with E-state index in [0.29, 0.717) is 0 Å². The van der Waals surface area contributed by atoms with Crippen LogP contribution in [0.2, 0.25) is 0 Å². The van der Waals surface area contributed by atoms with Gasteiger partial charge in [0.15, 0.2) is 18.9 Å². The second-order valence-electron chi connectivity index (χ2n) is 10.9. The summed E-state index contributed by atoms with van der Waals surface area (Å²) in [5.74, 6) is -0.380. The average molecular weight is 582 g/mol. The SMILES string of the molecule is CNC1C(OC2OC(CO)C(N)C(O)C2O)OC2CC(N)C(OC3C(NC(C)=O)CC(N)C(O)C3O)OC2C1O. The van der Waals surface area contributed by atoms with E-state index in [-0.39, 0.29) is 18.7 Å². The number of likely N-dealkylation sites (N-methyl/N-ethyl adjacent to an activating group) is 1. The number of hydrogen-bond acceptors (Lipinski definition) is 16. The molecule has 40 heavy (non-hydrogen) atoms. The number of carbonyl (C=O) groups is 1. The lowest BCUT2D eigenvalue weighted by Gasteiger charge is -2.51. The van der Waals surface area contributed by atoms with Gasteiger partial charge in [0.1, 0.15) is 42.7 Å². The van der Waals surface area contributed by atoms with Crippen molar-refractivity contribution < 1.29 is 59.1 Å². The quantitative estimate of drug-likeness (QED) is 0.133. The Labute approximate surface area is 230 Å². The molecule has 3 saturated heterocycles. The Morgan fingerprint density at radius 1 is 0.850 bits per heavy atom. The van der Waals surface area contributed by atoms with E-state index >= 15 is 0 Å². The predicted octanol–water partition coefficient (Wildman–Crippen LogP) is -6.77. The van der Waals surface area contributed by atoms with Crippen LogP contribution in [0.5, 0.6) is 0 Å². The number of nitrogens with two attached hydrogens (primary N) is 3. The summed E-state index contributed by atoms with van der Waals surface area (Å²) in [5.41, 5.74) is 18.0. The standard InChI is InChI=1S/C23H43N5O12/c1-6(30)28-9-3-7(24)14(31)17(34)19(9)38-21-8(25)4-10-20(39-21)16(33)13(27-2)22(36-10)40-23-18(35)15(32)12(26)11(5-29)37-23/h7-23,27,29,31-35H,3-5,24-26H2,1-2H3,(H,28,30). The fourth-order valence-electron chi connectivity index (χ4n) is 5.82. The van der Waals surface area contributed by atoms with E-state index < -0.39 is 111 Å². The molecule has 17 unspecified atom stereocenters. The van der Waals surface area contributed by atoms with Crippen molar-refractivity contribution in [1.82, 2.24) is 10.6 Å². The number of aliphatic hydroxyl groups is 6. The van der Waals surface area contributed by atoms with Gasteiger partial charge in [0.25, 0.3) is 0 Å². The molecule has 0 bridgehead atoms. The van der Waals surface area contributed by atoms with Crippen LogP contribution in [0.15, 0.2) is 0 Å². The summed E-state index contributed by atoms with van der Waals surface area (Å²) in [7, 11) is 1.54. The third-order valence-corrected chi connectivity index (χ3v) is 8.09. The second-order valence-corrected chi connectivity index (χ2v) is 10.9. The van der Waals surface area contributed by atoms with Crippen LogP contribution in [0.1, 0.15) is 19.8 Å². The zero-order valence-electron chi connectivity index (χ0n) is 22.3. The Balaban J connectivity index is 1.45. The lowest BCUT2D eigenvalue weighted by Crippen LogP contribution is -2.70. The van der Waals surface area contributed by atoms with Crippen LogP contribution in [0.4, 0.5) is 0 Å². The molecule has 0 aromatic rings. The fraction of sp³-hybridized carbons (Fsp3) is 0.957. The van der Waals surface area contributed by atoms with Gasteiger partial charge < -0.3 is 82.2 Å². The number of rotatable bonds is 7. The number of ether oxygens (including phenoxy) is 5. The van der Waals surface area contributed by atoms with Crippen LogP contribution in [0.3, 0.4) is 0 Å². The summed E-state index contributed by atoms with van der Waals surface area (Å²) in [6.45, 7) is 0.778. The number of aliphatic hydroxyl groups excluding tert-OH is 6. The van der Waals surface area contributed by atoms with Crippen LogP contribution in [-0.4, -0.2) is 154 Å². The minimum absolute atomic E-state index is 0.110. The first-order valence-corrected chi connectivity index (χ1v) is 13.4. The van der Waals surface area contributed by atoms with E-state index in [1.54, 1.807) is 0 Å².